The maximum Gasteiger partial charge on any atom is 0.127 e. The van der Waals surface area contributed by atoms with Crippen molar-refractivity contribution in [3.05, 3.63) is 101 Å². The van der Waals surface area contributed by atoms with Gasteiger partial charge in [0, 0.05) is 10.7 Å². The largest absolute Gasteiger partial charge is 0.473 e. The molecule has 36 heavy (non-hydrogen) atoms. The molecular formula is C33H46OP2. The van der Waals surface area contributed by atoms with Crippen LogP contribution < -0.4 is 4.52 Å². The summed E-state index contributed by atoms with van der Waals surface area (Å²) in [7, 11) is -0.897. The minimum atomic E-state index is -0.797. The van der Waals surface area contributed by atoms with Crippen LogP contribution in [0.15, 0.2) is 90.1 Å². The average molecular weight is 521 g/mol. The van der Waals surface area contributed by atoms with Crippen LogP contribution in [0.2, 0.25) is 0 Å². The second kappa shape index (κ2) is 10.6. The van der Waals surface area contributed by atoms with Crippen molar-refractivity contribution in [2.45, 2.75) is 76.5 Å². The first-order valence-electron chi connectivity index (χ1n) is 13.0. The van der Waals surface area contributed by atoms with Gasteiger partial charge in [-0.1, -0.05) is 122 Å². The molecule has 194 valence electrons. The molecule has 1 aromatic rings. The number of hydrogen-bond acceptors (Lipinski definition) is 1. The van der Waals surface area contributed by atoms with E-state index in [9.17, 15) is 0 Å². The summed E-state index contributed by atoms with van der Waals surface area (Å²) in [4.78, 5) is 0. The first-order valence-corrected chi connectivity index (χ1v) is 16.9. The monoisotopic (exact) mass is 520 g/mol. The van der Waals surface area contributed by atoms with Gasteiger partial charge in [-0.15, -0.1) is 0 Å². The van der Waals surface area contributed by atoms with Crippen molar-refractivity contribution in [2.75, 3.05) is 20.0 Å². The van der Waals surface area contributed by atoms with E-state index in [1.165, 1.54) is 22.3 Å². The summed E-state index contributed by atoms with van der Waals surface area (Å²) in [6.45, 7) is 25.2. The van der Waals surface area contributed by atoms with E-state index in [4.69, 9.17) is 4.52 Å². The van der Waals surface area contributed by atoms with Crippen molar-refractivity contribution in [3.63, 3.8) is 0 Å². The van der Waals surface area contributed by atoms with E-state index in [0.29, 0.717) is 0 Å². The summed E-state index contributed by atoms with van der Waals surface area (Å²) in [6, 6.07) is 6.78. The van der Waals surface area contributed by atoms with Crippen LogP contribution in [0.25, 0.3) is 0 Å². The van der Waals surface area contributed by atoms with Crippen molar-refractivity contribution in [1.82, 2.24) is 0 Å². The Bertz CT molecular complexity index is 1150. The molecule has 0 radical (unpaired) electrons. The van der Waals surface area contributed by atoms with Gasteiger partial charge in [0.2, 0.25) is 0 Å². The summed E-state index contributed by atoms with van der Waals surface area (Å²) in [6.07, 6.45) is 22.9. The minimum absolute atomic E-state index is 0.00909. The third kappa shape index (κ3) is 6.60. The fraction of sp³-hybridized carbons (Fsp3) is 0.455. The summed E-state index contributed by atoms with van der Waals surface area (Å²) in [5.41, 5.74) is 5.25. The highest BCUT2D eigenvalue weighted by atomic mass is 31.1. The summed E-state index contributed by atoms with van der Waals surface area (Å²) in [5, 5.41) is -0.0161. The first-order chi connectivity index (χ1) is 16.6. The fourth-order valence-electron chi connectivity index (χ4n) is 4.23. The topological polar surface area (TPSA) is 9.23 Å². The van der Waals surface area contributed by atoms with E-state index in [2.05, 4.69) is 154 Å². The predicted molar refractivity (Wildman–Crippen MR) is 166 cm³/mol. The molecule has 2 aliphatic rings. The van der Waals surface area contributed by atoms with Gasteiger partial charge in [0.25, 0.3) is 0 Å². The number of benzene rings is 1. The Hall–Kier alpha value is -1.68. The van der Waals surface area contributed by atoms with Gasteiger partial charge >= 0.3 is 0 Å². The molecular weight excluding hydrogens is 474 g/mol. The van der Waals surface area contributed by atoms with Crippen LogP contribution >= 0.6 is 16.1 Å². The van der Waals surface area contributed by atoms with E-state index >= 15 is 0 Å². The molecule has 0 N–H and O–H groups in total. The normalized spacial score (nSPS) is 25.3. The smallest absolute Gasteiger partial charge is 0.127 e. The lowest BCUT2D eigenvalue weighted by Gasteiger charge is -2.33. The zero-order valence-corrected chi connectivity index (χ0v) is 26.1. The van der Waals surface area contributed by atoms with E-state index in [1.54, 1.807) is 0 Å². The zero-order chi connectivity index (χ0) is 26.9. The molecule has 0 heterocycles. The van der Waals surface area contributed by atoms with E-state index in [0.717, 1.165) is 5.75 Å². The third-order valence-corrected chi connectivity index (χ3v) is 11.8. The Balaban J connectivity index is 1.85. The van der Waals surface area contributed by atoms with Crippen LogP contribution in [0.3, 0.4) is 0 Å². The van der Waals surface area contributed by atoms with E-state index < -0.39 is 8.15 Å². The second-order valence-corrected chi connectivity index (χ2v) is 17.7. The lowest BCUT2D eigenvalue weighted by molar-refractivity contribution is 0.524. The molecule has 2 aliphatic carbocycles. The summed E-state index contributed by atoms with van der Waals surface area (Å²) < 4.78 is 6.79. The molecule has 0 aliphatic heterocycles. The molecule has 0 bridgehead atoms. The van der Waals surface area contributed by atoms with Crippen LogP contribution in [0.5, 0.6) is 5.75 Å². The molecule has 3 rings (SSSR count). The highest BCUT2D eigenvalue weighted by Gasteiger charge is 2.31. The Morgan fingerprint density at radius 3 is 1.72 bits per heavy atom. The van der Waals surface area contributed by atoms with Crippen LogP contribution in [-0.4, -0.2) is 30.3 Å². The van der Waals surface area contributed by atoms with Gasteiger partial charge in [0.15, 0.2) is 0 Å². The van der Waals surface area contributed by atoms with Crippen molar-refractivity contribution in [3.8, 4) is 5.75 Å². The number of allylic oxidation sites excluding steroid dienone is 12. The van der Waals surface area contributed by atoms with Crippen LogP contribution in [-0.2, 0) is 10.8 Å². The molecule has 1 aromatic carbocycles. The Kier molecular flexibility index (Phi) is 8.50. The average Bonchev–Trinajstić information content (AvgIpc) is 3.09. The second-order valence-electron chi connectivity index (χ2n) is 12.8. The minimum Gasteiger partial charge on any atom is -0.473 e. The maximum atomic E-state index is 6.79. The lowest BCUT2D eigenvalue weighted by Crippen LogP contribution is -2.20. The molecule has 0 aromatic heterocycles. The summed E-state index contributed by atoms with van der Waals surface area (Å²) in [5.74, 6) is 1.01. The maximum absolute atomic E-state index is 6.79. The molecule has 0 saturated carbocycles. The van der Waals surface area contributed by atoms with Crippen molar-refractivity contribution in [2.24, 2.45) is 0 Å². The van der Waals surface area contributed by atoms with Gasteiger partial charge in [0.05, 0.1) is 13.3 Å². The molecule has 3 unspecified atom stereocenters. The third-order valence-electron chi connectivity index (χ3n) is 7.48. The Morgan fingerprint density at radius 1 is 0.694 bits per heavy atom. The number of rotatable bonds is 5. The van der Waals surface area contributed by atoms with Crippen LogP contribution in [0, 0.1) is 0 Å². The quantitative estimate of drug-likeness (QED) is 0.351. The lowest BCUT2D eigenvalue weighted by atomic mass is 9.80. The first kappa shape index (κ1) is 28.9. The van der Waals surface area contributed by atoms with Crippen molar-refractivity contribution >= 4 is 16.1 Å². The standard InChI is InChI=1S/C33H46OP2/c1-30(2,3)27-16-17-29(28(24-27)31(4,5)6)34-36(11)33(8)21-13-15-26(19-23-33)25-14-12-20-32(7,22-18-25)35(9)10/h12-24H,1-11H3. The van der Waals surface area contributed by atoms with Gasteiger partial charge in [-0.25, -0.2) is 0 Å². The molecule has 0 saturated heterocycles. The van der Waals surface area contributed by atoms with Crippen LogP contribution in [0.4, 0.5) is 0 Å². The molecule has 3 atom stereocenters. The highest BCUT2D eigenvalue weighted by molar-refractivity contribution is 7.58. The van der Waals surface area contributed by atoms with Gasteiger partial charge in [-0.3, -0.25) is 0 Å². The molecule has 0 fully saturated rings. The highest BCUT2D eigenvalue weighted by Crippen LogP contribution is 2.52. The molecule has 1 nitrogen and oxygen atoms in total. The molecule has 3 heteroatoms. The van der Waals surface area contributed by atoms with E-state index in [-0.39, 0.29) is 29.1 Å². The zero-order valence-electron chi connectivity index (χ0n) is 24.3. The SMILES string of the molecule is CP(C)C1(C)C=CC=C(C2=CC=CC(C)(P(C)Oc3ccc(C(C)(C)C)cc3C(C)(C)C)C=C2)C=C1. The summed E-state index contributed by atoms with van der Waals surface area (Å²) >= 11 is 0. The van der Waals surface area contributed by atoms with Crippen molar-refractivity contribution < 1.29 is 4.52 Å². The van der Waals surface area contributed by atoms with Gasteiger partial charge < -0.3 is 4.52 Å². The van der Waals surface area contributed by atoms with Gasteiger partial charge in [-0.05, 0) is 67.4 Å². The Labute approximate surface area is 223 Å². The predicted octanol–water partition coefficient (Wildman–Crippen LogP) is 10.1. The fourth-order valence-corrected chi connectivity index (χ4v) is 6.22. The number of hydrogen-bond donors (Lipinski definition) is 0. The molecule has 0 spiro atoms. The van der Waals surface area contributed by atoms with Gasteiger partial charge in [0.1, 0.15) is 5.75 Å². The van der Waals surface area contributed by atoms with Gasteiger partial charge in [-0.2, -0.15) is 0 Å². The molecule has 0 amide bonds. The van der Waals surface area contributed by atoms with E-state index in [1.807, 2.05) is 0 Å². The van der Waals surface area contributed by atoms with Crippen molar-refractivity contribution in [1.29, 1.82) is 0 Å². The Morgan fingerprint density at radius 2 is 1.22 bits per heavy atom. The van der Waals surface area contributed by atoms with Crippen LogP contribution in [0.1, 0.15) is 66.5 Å².